The molecule has 3 heterocycles. The first-order valence-electron chi connectivity index (χ1n) is 13.9. The number of hydrogen-bond donors (Lipinski definition) is 2. The molecule has 8 rings (SSSR count). The van der Waals surface area contributed by atoms with E-state index >= 15 is 0 Å². The van der Waals surface area contributed by atoms with Gasteiger partial charge in [-0.15, -0.1) is 5.10 Å². The lowest BCUT2D eigenvalue weighted by Gasteiger charge is -2.45. The third kappa shape index (κ3) is 3.24. The molecule has 1 saturated heterocycles. The van der Waals surface area contributed by atoms with Crippen molar-refractivity contribution in [1.82, 2.24) is 15.2 Å². The molecule has 2 N–H and O–H groups in total. The minimum atomic E-state index is -4.30. The van der Waals surface area contributed by atoms with E-state index in [1.807, 2.05) is 33.8 Å². The molecule has 5 aliphatic rings. The zero-order chi connectivity index (χ0) is 27.1. The van der Waals surface area contributed by atoms with Crippen LogP contribution in [0.1, 0.15) is 57.6 Å². The molecule has 4 saturated carbocycles. The Labute approximate surface area is 224 Å². The quantitative estimate of drug-likeness (QED) is 0.372. The van der Waals surface area contributed by atoms with Gasteiger partial charge in [0.25, 0.3) is 5.89 Å². The monoisotopic (exact) mass is 539 g/mol. The molecule has 3 bridgehead atoms. The van der Waals surface area contributed by atoms with E-state index < -0.39 is 12.7 Å². The van der Waals surface area contributed by atoms with Crippen molar-refractivity contribution in [1.29, 1.82) is 0 Å². The number of hydrogen-bond acceptors (Lipinski definition) is 7. The Morgan fingerprint density at radius 1 is 1.08 bits per heavy atom. The van der Waals surface area contributed by atoms with Gasteiger partial charge < -0.3 is 19.8 Å². The number of rotatable bonds is 5. The van der Waals surface area contributed by atoms with E-state index in [1.54, 1.807) is 12.1 Å². The van der Waals surface area contributed by atoms with E-state index in [4.69, 9.17) is 14.1 Å². The molecule has 2 spiro atoms. The molecule has 1 aromatic carbocycles. The molecule has 10 heteroatoms. The highest BCUT2D eigenvalue weighted by Crippen LogP contribution is 2.85. The number of pyridine rings is 1. The number of aromatic nitrogens is 3. The predicted octanol–water partition coefficient (Wildman–Crippen LogP) is 6.23. The summed E-state index contributed by atoms with van der Waals surface area (Å²) in [7, 11) is 0. The summed E-state index contributed by atoms with van der Waals surface area (Å²) in [5.41, 5.74) is 3.61. The Morgan fingerprint density at radius 2 is 1.90 bits per heavy atom. The van der Waals surface area contributed by atoms with Gasteiger partial charge in [-0.3, -0.25) is 0 Å². The van der Waals surface area contributed by atoms with E-state index in [2.05, 4.69) is 20.8 Å². The molecule has 2 aromatic heterocycles. The van der Waals surface area contributed by atoms with Crippen LogP contribution in [0.25, 0.3) is 22.5 Å². The second-order valence-electron chi connectivity index (χ2n) is 13.6. The number of anilines is 2. The molecule has 1 aliphatic heterocycles. The average molecular weight is 540 g/mol. The van der Waals surface area contributed by atoms with Crippen molar-refractivity contribution < 1.29 is 22.3 Å². The number of nitrogens with zero attached hydrogens (tertiary/aromatic N) is 3. The molecule has 0 radical (unpaired) electrons. The summed E-state index contributed by atoms with van der Waals surface area (Å²) < 4.78 is 51.1. The normalized spacial score (nSPS) is 35.6. The summed E-state index contributed by atoms with van der Waals surface area (Å²) >= 11 is 0. The van der Waals surface area contributed by atoms with Crippen LogP contribution in [0.3, 0.4) is 0 Å². The lowest BCUT2D eigenvalue weighted by atomic mass is 9.55. The maximum atomic E-state index is 12.9. The van der Waals surface area contributed by atoms with Crippen molar-refractivity contribution in [2.75, 3.05) is 17.2 Å². The van der Waals surface area contributed by atoms with Crippen molar-refractivity contribution in [2.24, 2.45) is 23.2 Å². The van der Waals surface area contributed by atoms with E-state index in [9.17, 15) is 13.2 Å². The Kier molecular flexibility index (Phi) is 4.45. The van der Waals surface area contributed by atoms with Gasteiger partial charge in [-0.2, -0.15) is 13.2 Å². The minimum absolute atomic E-state index is 0.187. The topological polar surface area (TPSA) is 88.4 Å². The molecule has 3 aromatic rings. The number of benzene rings is 1. The summed E-state index contributed by atoms with van der Waals surface area (Å²) in [6.07, 6.45) is 1.14. The number of nitrogens with one attached hydrogen (secondary N) is 2. The first-order valence-corrected chi connectivity index (χ1v) is 13.9. The van der Waals surface area contributed by atoms with Crippen molar-refractivity contribution in [2.45, 2.75) is 82.7 Å². The van der Waals surface area contributed by atoms with Crippen LogP contribution < -0.4 is 10.6 Å². The van der Waals surface area contributed by atoms with Gasteiger partial charge in [0.05, 0.1) is 11.6 Å². The van der Waals surface area contributed by atoms with Crippen LogP contribution in [0.5, 0.6) is 0 Å². The van der Waals surface area contributed by atoms with Gasteiger partial charge in [-0.1, -0.05) is 25.9 Å². The first-order chi connectivity index (χ1) is 18.4. The van der Waals surface area contributed by atoms with Gasteiger partial charge in [-0.05, 0) is 79.2 Å². The summed E-state index contributed by atoms with van der Waals surface area (Å²) in [5, 5.41) is 15.6. The van der Waals surface area contributed by atoms with Gasteiger partial charge in [0.15, 0.2) is 0 Å². The number of epoxide rings is 1. The third-order valence-electron chi connectivity index (χ3n) is 10.3. The highest BCUT2D eigenvalue weighted by atomic mass is 19.4. The van der Waals surface area contributed by atoms with E-state index in [0.29, 0.717) is 52.7 Å². The average Bonchev–Trinajstić information content (AvgIpc) is 3.10. The molecular weight excluding hydrogens is 507 g/mol. The van der Waals surface area contributed by atoms with E-state index in [-0.39, 0.29) is 11.0 Å². The van der Waals surface area contributed by atoms with E-state index in [0.717, 1.165) is 27.9 Å². The summed E-state index contributed by atoms with van der Waals surface area (Å²) in [6, 6.07) is 6.06. The van der Waals surface area contributed by atoms with Crippen LogP contribution >= 0.6 is 0 Å². The summed E-state index contributed by atoms with van der Waals surface area (Å²) in [5.74, 6) is 2.26. The molecule has 4 aliphatic carbocycles. The SMILES string of the molecule is Cc1cc(-c2nnc(NC3C4CC5CC6(C4)C3C3OC36C5)o2)nc2c(C(C)(C)C)cc(NCC(F)(F)F)cc12. The largest absolute Gasteiger partial charge is 0.405 e. The molecule has 206 valence electrons. The fraction of sp³-hybridized carbons (Fsp3) is 0.621. The molecule has 39 heavy (non-hydrogen) atoms. The van der Waals surface area contributed by atoms with Crippen LogP contribution in [0, 0.1) is 30.1 Å². The smallest absolute Gasteiger partial charge is 0.402 e. The zero-order valence-corrected chi connectivity index (χ0v) is 22.4. The Bertz CT molecular complexity index is 1530. The van der Waals surface area contributed by atoms with Crippen LogP contribution in [-0.2, 0) is 10.2 Å². The van der Waals surface area contributed by atoms with E-state index in [1.165, 1.54) is 25.7 Å². The predicted molar refractivity (Wildman–Crippen MR) is 139 cm³/mol. The molecule has 0 amide bonds. The second-order valence-corrected chi connectivity index (χ2v) is 13.6. The standard InChI is InChI=1S/C29H32F3N5O2/c1-13-5-19(34-22-17(13)7-16(33-12-29(30,31)32)8-18(22)26(2,3)4)24-36-37-25(38-24)35-21-15-6-14-9-27(11-15)20(21)23-28(27,10-14)39-23/h5,7-8,14-15,20-21,23,33H,6,9-12H2,1-4H3,(H,35,37). The van der Waals surface area contributed by atoms with Crippen LogP contribution in [0.15, 0.2) is 22.6 Å². The van der Waals surface area contributed by atoms with Crippen molar-refractivity contribution in [3.63, 3.8) is 0 Å². The van der Waals surface area contributed by atoms with Crippen molar-refractivity contribution in [3.05, 3.63) is 29.3 Å². The van der Waals surface area contributed by atoms with Gasteiger partial charge in [0.2, 0.25) is 0 Å². The van der Waals surface area contributed by atoms with Crippen LogP contribution in [-0.4, -0.2) is 45.6 Å². The lowest BCUT2D eigenvalue weighted by molar-refractivity contribution is -0.115. The minimum Gasteiger partial charge on any atom is -0.402 e. The van der Waals surface area contributed by atoms with Crippen molar-refractivity contribution >= 4 is 22.6 Å². The van der Waals surface area contributed by atoms with Crippen molar-refractivity contribution in [3.8, 4) is 11.6 Å². The van der Waals surface area contributed by atoms with Gasteiger partial charge >= 0.3 is 12.2 Å². The number of aryl methyl sites for hydroxylation is 1. The number of alkyl halides is 3. The molecule has 7 unspecified atom stereocenters. The summed E-state index contributed by atoms with van der Waals surface area (Å²) in [6.45, 7) is 6.90. The van der Waals surface area contributed by atoms with Gasteiger partial charge in [0.1, 0.15) is 17.8 Å². The maximum Gasteiger partial charge on any atom is 0.405 e. The number of fused-ring (bicyclic) bond motifs is 4. The molecule has 7 atom stereocenters. The number of ether oxygens (including phenoxy) is 1. The first kappa shape index (κ1) is 24.0. The van der Waals surface area contributed by atoms with Gasteiger partial charge in [0, 0.05) is 28.4 Å². The maximum absolute atomic E-state index is 12.9. The molecular formula is C29H32F3N5O2. The van der Waals surface area contributed by atoms with Crippen LogP contribution in [0.2, 0.25) is 0 Å². The Hall–Kier alpha value is -2.88. The fourth-order valence-corrected chi connectivity index (χ4v) is 8.97. The second kappa shape index (κ2) is 7.25. The summed E-state index contributed by atoms with van der Waals surface area (Å²) in [4.78, 5) is 4.90. The fourth-order valence-electron chi connectivity index (χ4n) is 8.97. The highest BCUT2D eigenvalue weighted by molar-refractivity contribution is 5.90. The third-order valence-corrected chi connectivity index (χ3v) is 10.3. The zero-order valence-electron chi connectivity index (χ0n) is 22.4. The molecule has 7 nitrogen and oxygen atoms in total. The Balaban J connectivity index is 1.10. The highest BCUT2D eigenvalue weighted by Gasteiger charge is 2.91. The van der Waals surface area contributed by atoms with Crippen LogP contribution in [0.4, 0.5) is 24.9 Å². The Morgan fingerprint density at radius 3 is 2.67 bits per heavy atom. The molecule has 5 fully saturated rings. The van der Waals surface area contributed by atoms with Gasteiger partial charge in [-0.25, -0.2) is 4.98 Å². The lowest BCUT2D eigenvalue weighted by Crippen LogP contribution is -2.55. The number of halogens is 3.